The highest BCUT2D eigenvalue weighted by Gasteiger charge is 2.36. The lowest BCUT2D eigenvalue weighted by atomic mass is 10.0. The minimum Gasteiger partial charge on any atom is -0.335 e. The maximum absolute atomic E-state index is 12.7. The van der Waals surface area contributed by atoms with Gasteiger partial charge in [-0.05, 0) is 37.8 Å². The molecule has 5 nitrogen and oxygen atoms in total. The third kappa shape index (κ3) is 2.77. The van der Waals surface area contributed by atoms with Crippen molar-refractivity contribution < 1.29 is 4.79 Å². The predicted molar refractivity (Wildman–Crippen MR) is 81.7 cm³/mol. The van der Waals surface area contributed by atoms with Gasteiger partial charge in [0.2, 0.25) is 5.91 Å². The molecule has 1 aromatic carbocycles. The third-order valence-corrected chi connectivity index (χ3v) is 4.34. The Kier molecular flexibility index (Phi) is 3.66. The number of rotatable bonds is 5. The number of aromatic nitrogens is 3. The van der Waals surface area contributed by atoms with Crippen LogP contribution in [-0.2, 0) is 11.3 Å². The van der Waals surface area contributed by atoms with Gasteiger partial charge in [0.25, 0.3) is 0 Å². The fourth-order valence-electron chi connectivity index (χ4n) is 2.68. The van der Waals surface area contributed by atoms with Crippen LogP contribution in [0, 0.1) is 5.92 Å². The molecule has 5 heteroatoms. The summed E-state index contributed by atoms with van der Waals surface area (Å²) in [5.41, 5.74) is 1.75. The number of hydrogen-bond donors (Lipinski definition) is 0. The van der Waals surface area contributed by atoms with Crippen LogP contribution in [-0.4, -0.2) is 37.9 Å². The maximum atomic E-state index is 12.7. The highest BCUT2D eigenvalue weighted by atomic mass is 16.2. The molecule has 0 saturated heterocycles. The largest absolute Gasteiger partial charge is 0.335 e. The molecule has 0 N–H and O–H groups in total. The lowest BCUT2D eigenvalue weighted by molar-refractivity contribution is -0.135. The highest BCUT2D eigenvalue weighted by Crippen LogP contribution is 2.31. The average Bonchev–Trinajstić information content (AvgIpc) is 3.21. The lowest BCUT2D eigenvalue weighted by Crippen LogP contribution is -2.44. The molecule has 1 unspecified atom stereocenters. The van der Waals surface area contributed by atoms with Crippen molar-refractivity contribution in [1.29, 1.82) is 0 Å². The molecule has 0 bridgehead atoms. The zero-order valence-corrected chi connectivity index (χ0v) is 12.9. The summed E-state index contributed by atoms with van der Waals surface area (Å²) in [6.07, 6.45) is 2.25. The van der Waals surface area contributed by atoms with Crippen LogP contribution in [0.1, 0.15) is 33.6 Å². The van der Waals surface area contributed by atoms with Gasteiger partial charge in [-0.25, -0.2) is 4.68 Å². The molecule has 1 atom stereocenters. The average molecular weight is 286 g/mol. The number of hydrogen-bond acceptors (Lipinski definition) is 3. The quantitative estimate of drug-likeness (QED) is 0.848. The Morgan fingerprint density at radius 3 is 2.71 bits per heavy atom. The fraction of sp³-hybridized carbons (Fsp3) is 0.562. The van der Waals surface area contributed by atoms with Gasteiger partial charge in [0, 0.05) is 12.1 Å². The first-order valence-electron chi connectivity index (χ1n) is 7.67. The SMILES string of the molecule is CC(C)C(C)N(C(=O)Cn1nnc2ccccc21)C1CC1. The summed E-state index contributed by atoms with van der Waals surface area (Å²) >= 11 is 0. The molecular weight excluding hydrogens is 264 g/mol. The van der Waals surface area contributed by atoms with Crippen molar-refractivity contribution in [2.24, 2.45) is 5.92 Å². The van der Waals surface area contributed by atoms with Crippen molar-refractivity contribution in [3.05, 3.63) is 24.3 Å². The van der Waals surface area contributed by atoms with E-state index in [2.05, 4.69) is 36.0 Å². The van der Waals surface area contributed by atoms with Gasteiger partial charge in [-0.1, -0.05) is 31.2 Å². The Morgan fingerprint density at radius 1 is 1.33 bits per heavy atom. The molecule has 1 fully saturated rings. The minimum atomic E-state index is 0.148. The maximum Gasteiger partial charge on any atom is 0.244 e. The second-order valence-corrected chi connectivity index (χ2v) is 6.25. The Morgan fingerprint density at radius 2 is 2.05 bits per heavy atom. The van der Waals surface area contributed by atoms with Gasteiger partial charge >= 0.3 is 0 Å². The number of amides is 1. The first kappa shape index (κ1) is 14.0. The van der Waals surface area contributed by atoms with Crippen molar-refractivity contribution in [3.63, 3.8) is 0 Å². The smallest absolute Gasteiger partial charge is 0.244 e. The van der Waals surface area contributed by atoms with Gasteiger partial charge in [0.05, 0.1) is 5.52 Å². The summed E-state index contributed by atoms with van der Waals surface area (Å²) in [6, 6.07) is 8.43. The number of nitrogens with zero attached hydrogens (tertiary/aromatic N) is 4. The Bertz CT molecular complexity index is 645. The van der Waals surface area contributed by atoms with E-state index in [9.17, 15) is 4.79 Å². The van der Waals surface area contributed by atoms with Gasteiger partial charge in [0.15, 0.2) is 0 Å². The van der Waals surface area contributed by atoms with Crippen LogP contribution in [0.2, 0.25) is 0 Å². The van der Waals surface area contributed by atoms with Crippen LogP contribution in [0.3, 0.4) is 0 Å². The number of carbonyl (C=O) groups is 1. The van der Waals surface area contributed by atoms with E-state index in [1.807, 2.05) is 24.3 Å². The summed E-state index contributed by atoms with van der Waals surface area (Å²) in [7, 11) is 0. The topological polar surface area (TPSA) is 51.0 Å². The number of carbonyl (C=O) groups excluding carboxylic acids is 1. The Hall–Kier alpha value is -1.91. The van der Waals surface area contributed by atoms with E-state index < -0.39 is 0 Å². The normalized spacial score (nSPS) is 16.4. The molecule has 1 aliphatic rings. The van der Waals surface area contributed by atoms with Gasteiger partial charge < -0.3 is 4.90 Å². The van der Waals surface area contributed by atoms with E-state index in [4.69, 9.17) is 0 Å². The van der Waals surface area contributed by atoms with E-state index in [1.165, 1.54) is 0 Å². The van der Waals surface area contributed by atoms with Crippen LogP contribution in [0.25, 0.3) is 11.0 Å². The van der Waals surface area contributed by atoms with Gasteiger partial charge in [-0.15, -0.1) is 5.10 Å². The van der Waals surface area contributed by atoms with E-state index in [-0.39, 0.29) is 18.5 Å². The summed E-state index contributed by atoms with van der Waals surface area (Å²) in [4.78, 5) is 14.8. The zero-order valence-electron chi connectivity index (χ0n) is 12.9. The summed E-state index contributed by atoms with van der Waals surface area (Å²) in [5, 5.41) is 8.23. The van der Waals surface area contributed by atoms with Crippen LogP contribution >= 0.6 is 0 Å². The van der Waals surface area contributed by atoms with Crippen molar-refractivity contribution in [1.82, 2.24) is 19.9 Å². The molecule has 1 heterocycles. The standard InChI is InChI=1S/C16H22N4O/c1-11(2)12(3)20(13-8-9-13)16(21)10-19-15-7-5-4-6-14(15)17-18-19/h4-7,11-13H,8-10H2,1-3H3. The molecule has 2 aromatic rings. The molecule has 1 saturated carbocycles. The fourth-order valence-corrected chi connectivity index (χ4v) is 2.68. The molecule has 0 spiro atoms. The van der Waals surface area contributed by atoms with Crippen LogP contribution in [0.5, 0.6) is 0 Å². The van der Waals surface area contributed by atoms with Gasteiger partial charge in [0.1, 0.15) is 12.1 Å². The summed E-state index contributed by atoms with van der Waals surface area (Å²) in [6.45, 7) is 6.74. The van der Waals surface area contributed by atoms with Crippen LogP contribution in [0.15, 0.2) is 24.3 Å². The molecule has 1 aromatic heterocycles. The third-order valence-electron chi connectivity index (χ3n) is 4.34. The highest BCUT2D eigenvalue weighted by molar-refractivity contribution is 5.80. The summed E-state index contributed by atoms with van der Waals surface area (Å²) < 4.78 is 1.71. The van der Waals surface area contributed by atoms with Gasteiger partial charge in [-0.2, -0.15) is 0 Å². The van der Waals surface area contributed by atoms with Gasteiger partial charge in [-0.3, -0.25) is 4.79 Å². The Balaban J connectivity index is 1.81. The lowest BCUT2D eigenvalue weighted by Gasteiger charge is -2.32. The second kappa shape index (κ2) is 5.47. The first-order valence-corrected chi connectivity index (χ1v) is 7.67. The van der Waals surface area contributed by atoms with Crippen LogP contribution < -0.4 is 0 Å². The van der Waals surface area contributed by atoms with E-state index in [0.717, 1.165) is 23.9 Å². The summed E-state index contributed by atoms with van der Waals surface area (Å²) in [5.74, 6) is 0.608. The monoisotopic (exact) mass is 286 g/mol. The molecule has 0 radical (unpaired) electrons. The minimum absolute atomic E-state index is 0.148. The zero-order chi connectivity index (χ0) is 15.0. The van der Waals surface area contributed by atoms with Crippen molar-refractivity contribution >= 4 is 16.9 Å². The predicted octanol–water partition coefficient (Wildman–Crippen LogP) is 2.47. The molecule has 112 valence electrons. The molecule has 21 heavy (non-hydrogen) atoms. The number of para-hydroxylation sites is 1. The van der Waals surface area contributed by atoms with E-state index in [1.54, 1.807) is 4.68 Å². The molecular formula is C16H22N4O. The van der Waals surface area contributed by atoms with E-state index >= 15 is 0 Å². The first-order chi connectivity index (χ1) is 10.1. The van der Waals surface area contributed by atoms with E-state index in [0.29, 0.717) is 12.0 Å². The molecule has 1 aliphatic carbocycles. The Labute approximate surface area is 124 Å². The number of fused-ring (bicyclic) bond motifs is 1. The van der Waals surface area contributed by atoms with Crippen molar-refractivity contribution in [2.75, 3.05) is 0 Å². The second-order valence-electron chi connectivity index (χ2n) is 6.25. The molecule has 1 amide bonds. The van der Waals surface area contributed by atoms with Crippen LogP contribution in [0.4, 0.5) is 0 Å². The number of benzene rings is 1. The molecule has 0 aliphatic heterocycles. The van der Waals surface area contributed by atoms with Crippen molar-refractivity contribution in [3.8, 4) is 0 Å². The van der Waals surface area contributed by atoms with Crippen molar-refractivity contribution in [2.45, 2.75) is 52.2 Å². The molecule has 3 rings (SSSR count).